The molecule has 0 saturated carbocycles. The van der Waals surface area contributed by atoms with Crippen LogP contribution in [0.2, 0.25) is 0 Å². The molecule has 7 aromatic carbocycles. The van der Waals surface area contributed by atoms with E-state index in [0.29, 0.717) is 17.4 Å². The van der Waals surface area contributed by atoms with Crippen molar-refractivity contribution in [1.82, 2.24) is 9.55 Å². The van der Waals surface area contributed by atoms with Crippen molar-refractivity contribution < 1.29 is 25.8 Å². The number of pyridine rings is 1. The van der Waals surface area contributed by atoms with E-state index in [9.17, 15) is 0 Å². The first-order valence-corrected chi connectivity index (χ1v) is 23.6. The molecular formula is C62H59N4OPt-3. The van der Waals surface area contributed by atoms with E-state index in [4.69, 9.17) is 9.72 Å². The molecule has 0 saturated heterocycles. The number of benzene rings is 7. The van der Waals surface area contributed by atoms with Gasteiger partial charge in [-0.1, -0.05) is 159 Å². The number of ether oxygens (including phenoxy) is 1. The van der Waals surface area contributed by atoms with Crippen molar-refractivity contribution in [3.05, 3.63) is 222 Å². The Morgan fingerprint density at radius 2 is 1.21 bits per heavy atom. The molecule has 5 nitrogen and oxygen atoms in total. The van der Waals surface area contributed by atoms with Crippen molar-refractivity contribution >= 4 is 44.6 Å². The molecule has 0 amide bonds. The van der Waals surface area contributed by atoms with Crippen molar-refractivity contribution in [3.8, 4) is 17.3 Å². The van der Waals surface area contributed by atoms with E-state index < -0.39 is 0 Å². The number of fused-ring (bicyclic) bond motifs is 4. The fourth-order valence-corrected chi connectivity index (χ4v) is 9.65. The zero-order valence-electron chi connectivity index (χ0n) is 40.5. The van der Waals surface area contributed by atoms with Gasteiger partial charge in [0.2, 0.25) is 0 Å². The first-order valence-electron chi connectivity index (χ1n) is 23.6. The van der Waals surface area contributed by atoms with E-state index in [1.54, 1.807) is 0 Å². The molecule has 0 unspecified atom stereocenters. The van der Waals surface area contributed by atoms with Gasteiger partial charge in [0.1, 0.15) is 5.82 Å². The second-order valence-corrected chi connectivity index (χ2v) is 20.6. The van der Waals surface area contributed by atoms with Gasteiger partial charge in [0.05, 0.1) is 0 Å². The maximum Gasteiger partial charge on any atom is 0.135 e. The molecule has 6 heteroatoms. The van der Waals surface area contributed by atoms with Gasteiger partial charge in [-0.3, -0.25) is 0 Å². The molecular weight excluding hydrogens is 1010 g/mol. The smallest absolute Gasteiger partial charge is 0.135 e. The van der Waals surface area contributed by atoms with Gasteiger partial charge in [0.25, 0.3) is 0 Å². The average molecular weight is 1070 g/mol. The van der Waals surface area contributed by atoms with Crippen LogP contribution in [0.5, 0.6) is 11.5 Å². The van der Waals surface area contributed by atoms with Gasteiger partial charge in [-0.05, 0) is 99.0 Å². The molecule has 9 aromatic rings. The zero-order valence-corrected chi connectivity index (χ0v) is 42.8. The molecule has 3 heterocycles. The van der Waals surface area contributed by atoms with Crippen LogP contribution in [0.4, 0.5) is 22.7 Å². The Balaban J connectivity index is 0.00000578. The van der Waals surface area contributed by atoms with Gasteiger partial charge in [-0.25, -0.2) is 4.98 Å². The Hall–Kier alpha value is -6.42. The SMILES string of the molecule is CC(C)Cc1ccnc(-n2c3[c-]c(Oc4[c-]c(N5[CH-]N(c6cc(C(C)(C)c7ccccc7)cc(C(C)(C)c7ccccc7)c6)c6ccc(C(C)(C)C)cc65)ccc4)ccc3c3ccccc32)c1.[Pt]. The van der Waals surface area contributed by atoms with Gasteiger partial charge in [0.15, 0.2) is 0 Å². The molecule has 1 aliphatic rings. The molecule has 0 aliphatic carbocycles. The standard InChI is InChI=1S/C62H59N4O.Pt/c1-42(2)33-43-31-32-63-59(34-43)66-55-26-17-16-25-53(55)54-29-28-52(40-57(54)66)67-51-24-18-23-49(39-51)64-41-65(56-30-27-46(38-58(56)64)60(3,4)5)50-36-47(61(6,7)44-19-12-10-13-20-44)35-48(37-50)62(8,9)45-21-14-11-15-22-45;/h10-32,34-38,41-42H,33H2,1-9H3;/q-3;. The summed E-state index contributed by atoms with van der Waals surface area (Å²) in [7, 11) is 0. The van der Waals surface area contributed by atoms with E-state index in [1.807, 2.05) is 24.4 Å². The molecule has 0 radical (unpaired) electrons. The largest absolute Gasteiger partial charge is 0.509 e. The van der Waals surface area contributed by atoms with Crippen LogP contribution in [-0.2, 0) is 43.7 Å². The van der Waals surface area contributed by atoms with Crippen molar-refractivity contribution in [2.45, 2.75) is 85.0 Å². The van der Waals surface area contributed by atoms with Gasteiger partial charge in [-0.15, -0.1) is 48.1 Å². The summed E-state index contributed by atoms with van der Waals surface area (Å²) in [5.74, 6) is 2.62. The summed E-state index contributed by atoms with van der Waals surface area (Å²) in [5.41, 5.74) is 13.1. The minimum absolute atomic E-state index is 0. The Kier molecular flexibility index (Phi) is 12.5. The van der Waals surface area contributed by atoms with Gasteiger partial charge < -0.3 is 19.1 Å². The quantitative estimate of drug-likeness (QED) is 0.121. The van der Waals surface area contributed by atoms with Crippen molar-refractivity contribution in [1.29, 1.82) is 0 Å². The molecule has 0 atom stereocenters. The summed E-state index contributed by atoms with van der Waals surface area (Å²) in [4.78, 5) is 9.48. The summed E-state index contributed by atoms with van der Waals surface area (Å²) < 4.78 is 8.93. The number of nitrogens with zero attached hydrogens (tertiary/aromatic N) is 4. The first-order chi connectivity index (χ1) is 32.1. The van der Waals surface area contributed by atoms with Crippen LogP contribution in [0.15, 0.2) is 170 Å². The summed E-state index contributed by atoms with van der Waals surface area (Å²) in [6.45, 7) is 22.9. The number of para-hydroxylation sites is 1. The van der Waals surface area contributed by atoms with Crippen LogP contribution in [0, 0.1) is 24.7 Å². The van der Waals surface area contributed by atoms with E-state index in [2.05, 4.69) is 241 Å². The number of anilines is 4. The maximum atomic E-state index is 6.72. The Morgan fingerprint density at radius 3 is 1.87 bits per heavy atom. The molecule has 0 N–H and O–H groups in total. The second-order valence-electron chi connectivity index (χ2n) is 20.6. The molecule has 1 aliphatic heterocycles. The first kappa shape index (κ1) is 46.7. The van der Waals surface area contributed by atoms with Gasteiger partial charge >= 0.3 is 0 Å². The summed E-state index contributed by atoms with van der Waals surface area (Å²) >= 11 is 0. The van der Waals surface area contributed by atoms with Gasteiger partial charge in [0, 0.05) is 72.2 Å². The Bertz CT molecular complexity index is 3180. The van der Waals surface area contributed by atoms with Crippen LogP contribution in [0.25, 0.3) is 27.6 Å². The molecule has 2 aromatic heterocycles. The van der Waals surface area contributed by atoms with E-state index in [0.717, 1.165) is 56.8 Å². The third-order valence-electron chi connectivity index (χ3n) is 13.7. The van der Waals surface area contributed by atoms with E-state index >= 15 is 0 Å². The minimum atomic E-state index is -0.265. The molecule has 346 valence electrons. The zero-order chi connectivity index (χ0) is 46.7. The predicted molar refractivity (Wildman–Crippen MR) is 279 cm³/mol. The molecule has 0 fully saturated rings. The number of hydrogen-bond acceptors (Lipinski definition) is 4. The van der Waals surface area contributed by atoms with Crippen LogP contribution in [-0.4, -0.2) is 9.55 Å². The predicted octanol–water partition coefficient (Wildman–Crippen LogP) is 16.1. The fourth-order valence-electron chi connectivity index (χ4n) is 9.65. The minimum Gasteiger partial charge on any atom is -0.509 e. The Morgan fingerprint density at radius 1 is 0.559 bits per heavy atom. The van der Waals surface area contributed by atoms with Crippen molar-refractivity contribution in [2.75, 3.05) is 9.80 Å². The third-order valence-corrected chi connectivity index (χ3v) is 13.7. The van der Waals surface area contributed by atoms with Crippen LogP contribution < -0.4 is 14.5 Å². The summed E-state index contributed by atoms with van der Waals surface area (Å²) in [6.07, 6.45) is 2.90. The summed E-state index contributed by atoms with van der Waals surface area (Å²) in [5, 5.41) is 2.25. The number of rotatable bonds is 11. The molecule has 68 heavy (non-hydrogen) atoms. The fraction of sp³-hybridized carbons (Fsp3) is 0.226. The maximum absolute atomic E-state index is 6.72. The van der Waals surface area contributed by atoms with Crippen LogP contribution >= 0.6 is 0 Å². The molecule has 0 bridgehead atoms. The topological polar surface area (TPSA) is 33.5 Å². The normalized spacial score (nSPS) is 13.0. The number of aromatic nitrogens is 2. The number of hydrogen-bond donors (Lipinski definition) is 0. The van der Waals surface area contributed by atoms with Gasteiger partial charge in [-0.2, -0.15) is 12.1 Å². The van der Waals surface area contributed by atoms with E-state index in [1.165, 1.54) is 33.4 Å². The van der Waals surface area contributed by atoms with E-state index in [-0.39, 0.29) is 37.3 Å². The van der Waals surface area contributed by atoms with Crippen molar-refractivity contribution in [2.24, 2.45) is 5.92 Å². The monoisotopic (exact) mass is 1070 g/mol. The average Bonchev–Trinajstić information content (AvgIpc) is 3.87. The molecule has 0 spiro atoms. The van der Waals surface area contributed by atoms with Crippen LogP contribution in [0.3, 0.4) is 0 Å². The summed E-state index contributed by atoms with van der Waals surface area (Å²) in [6, 6.07) is 66.2. The molecule has 10 rings (SSSR count). The van der Waals surface area contributed by atoms with Crippen LogP contribution in [0.1, 0.15) is 95.7 Å². The Labute approximate surface area is 417 Å². The third kappa shape index (κ3) is 8.78. The second kappa shape index (κ2) is 18.2. The van der Waals surface area contributed by atoms with Crippen molar-refractivity contribution in [3.63, 3.8) is 0 Å².